The average molecular weight is 229 g/mol. The Bertz CT molecular complexity index is 185. The zero-order chi connectivity index (χ0) is 12.4. The highest BCUT2D eigenvalue weighted by Gasteiger charge is 2.19. The zero-order valence-electron chi connectivity index (χ0n) is 11.0. The van der Waals surface area contributed by atoms with Gasteiger partial charge in [0.2, 0.25) is 5.91 Å². The van der Waals surface area contributed by atoms with E-state index in [2.05, 4.69) is 24.1 Å². The van der Waals surface area contributed by atoms with Gasteiger partial charge in [0.1, 0.15) is 0 Å². The Hall–Kier alpha value is -0.610. The van der Waals surface area contributed by atoms with E-state index < -0.39 is 0 Å². The lowest BCUT2D eigenvalue weighted by Gasteiger charge is -2.27. The molecule has 0 aliphatic carbocycles. The largest absolute Gasteiger partial charge is 0.355 e. The summed E-state index contributed by atoms with van der Waals surface area (Å²) in [6.07, 6.45) is 3.00. The maximum atomic E-state index is 11.8. The third-order valence-electron chi connectivity index (χ3n) is 2.64. The molecule has 1 atom stereocenters. The molecule has 0 radical (unpaired) electrons. The van der Waals surface area contributed by atoms with Gasteiger partial charge in [-0.2, -0.15) is 0 Å². The van der Waals surface area contributed by atoms with Crippen LogP contribution in [0, 0.1) is 0 Å². The topological polar surface area (TPSA) is 58.4 Å². The van der Waals surface area contributed by atoms with E-state index in [0.29, 0.717) is 6.54 Å². The van der Waals surface area contributed by atoms with Crippen molar-refractivity contribution >= 4 is 5.91 Å². The summed E-state index contributed by atoms with van der Waals surface area (Å²) in [6, 6.07) is -0.0435. The SMILES string of the molecule is CCCNC(=O)C(C)N(CCC)CCCN. The minimum atomic E-state index is -0.0435. The van der Waals surface area contributed by atoms with Crippen molar-refractivity contribution in [3.05, 3.63) is 0 Å². The van der Waals surface area contributed by atoms with Gasteiger partial charge >= 0.3 is 0 Å². The second-order valence-electron chi connectivity index (χ2n) is 4.15. The third-order valence-corrected chi connectivity index (χ3v) is 2.64. The van der Waals surface area contributed by atoms with E-state index in [9.17, 15) is 4.79 Å². The van der Waals surface area contributed by atoms with Gasteiger partial charge in [-0.3, -0.25) is 9.69 Å². The number of nitrogens with two attached hydrogens (primary N) is 1. The van der Waals surface area contributed by atoms with Gasteiger partial charge in [0.25, 0.3) is 0 Å². The fraction of sp³-hybridized carbons (Fsp3) is 0.917. The van der Waals surface area contributed by atoms with Crippen LogP contribution in [0.2, 0.25) is 0 Å². The van der Waals surface area contributed by atoms with Gasteiger partial charge in [-0.1, -0.05) is 13.8 Å². The number of hydrogen-bond acceptors (Lipinski definition) is 3. The number of nitrogens with one attached hydrogen (secondary N) is 1. The van der Waals surface area contributed by atoms with Crippen LogP contribution in [0.1, 0.15) is 40.0 Å². The minimum Gasteiger partial charge on any atom is -0.355 e. The van der Waals surface area contributed by atoms with Gasteiger partial charge in [0.05, 0.1) is 6.04 Å². The first-order valence-corrected chi connectivity index (χ1v) is 6.39. The molecule has 0 saturated carbocycles. The summed E-state index contributed by atoms with van der Waals surface area (Å²) in [5.41, 5.74) is 5.50. The van der Waals surface area contributed by atoms with Crippen molar-refractivity contribution < 1.29 is 4.79 Å². The normalized spacial score (nSPS) is 12.8. The lowest BCUT2D eigenvalue weighted by molar-refractivity contribution is -0.125. The Morgan fingerprint density at radius 2 is 2.00 bits per heavy atom. The van der Waals surface area contributed by atoms with Gasteiger partial charge in [-0.05, 0) is 39.3 Å². The van der Waals surface area contributed by atoms with E-state index in [1.54, 1.807) is 0 Å². The van der Waals surface area contributed by atoms with Crippen molar-refractivity contribution in [2.24, 2.45) is 5.73 Å². The predicted molar refractivity (Wildman–Crippen MR) is 68.3 cm³/mol. The first-order valence-electron chi connectivity index (χ1n) is 6.39. The van der Waals surface area contributed by atoms with Gasteiger partial charge in [-0.25, -0.2) is 0 Å². The molecule has 0 heterocycles. The number of hydrogen-bond donors (Lipinski definition) is 2. The fourth-order valence-electron chi connectivity index (χ4n) is 1.64. The summed E-state index contributed by atoms with van der Waals surface area (Å²) in [5, 5.41) is 2.94. The summed E-state index contributed by atoms with van der Waals surface area (Å²) in [5.74, 6) is 0.132. The van der Waals surface area contributed by atoms with Gasteiger partial charge in [-0.15, -0.1) is 0 Å². The van der Waals surface area contributed by atoms with Crippen molar-refractivity contribution in [3.8, 4) is 0 Å². The van der Waals surface area contributed by atoms with Crippen molar-refractivity contribution in [2.45, 2.75) is 46.1 Å². The monoisotopic (exact) mass is 229 g/mol. The molecular weight excluding hydrogens is 202 g/mol. The molecule has 0 aromatic carbocycles. The molecule has 16 heavy (non-hydrogen) atoms. The molecule has 3 N–H and O–H groups in total. The summed E-state index contributed by atoms with van der Waals surface area (Å²) in [7, 11) is 0. The minimum absolute atomic E-state index is 0.0435. The molecule has 0 spiro atoms. The molecule has 0 saturated heterocycles. The summed E-state index contributed by atoms with van der Waals surface area (Å²) >= 11 is 0. The van der Waals surface area contributed by atoms with Crippen LogP contribution < -0.4 is 11.1 Å². The fourth-order valence-corrected chi connectivity index (χ4v) is 1.64. The number of rotatable bonds is 9. The second kappa shape index (κ2) is 9.60. The average Bonchev–Trinajstić information content (AvgIpc) is 2.30. The molecule has 4 nitrogen and oxygen atoms in total. The van der Waals surface area contributed by atoms with Crippen molar-refractivity contribution in [2.75, 3.05) is 26.2 Å². The number of nitrogens with zero attached hydrogens (tertiary/aromatic N) is 1. The van der Waals surface area contributed by atoms with Crippen molar-refractivity contribution in [1.82, 2.24) is 10.2 Å². The second-order valence-corrected chi connectivity index (χ2v) is 4.15. The zero-order valence-corrected chi connectivity index (χ0v) is 11.0. The molecule has 0 aliphatic rings. The maximum absolute atomic E-state index is 11.8. The van der Waals surface area contributed by atoms with Crippen molar-refractivity contribution in [3.63, 3.8) is 0 Å². The predicted octanol–water partition coefficient (Wildman–Crippen LogP) is 0.962. The van der Waals surface area contributed by atoms with Crippen LogP contribution in [-0.4, -0.2) is 43.0 Å². The smallest absolute Gasteiger partial charge is 0.237 e. The van der Waals surface area contributed by atoms with E-state index in [1.165, 1.54) is 0 Å². The van der Waals surface area contributed by atoms with E-state index in [1.807, 2.05) is 6.92 Å². The first-order chi connectivity index (χ1) is 7.67. The quantitative estimate of drug-likeness (QED) is 0.619. The highest BCUT2D eigenvalue weighted by Crippen LogP contribution is 2.02. The van der Waals surface area contributed by atoms with Gasteiger partial charge < -0.3 is 11.1 Å². The molecule has 0 bridgehead atoms. The molecule has 96 valence electrons. The lowest BCUT2D eigenvalue weighted by atomic mass is 10.2. The van der Waals surface area contributed by atoms with Crippen LogP contribution in [0.4, 0.5) is 0 Å². The Labute approximate surface area is 99.6 Å². The number of carbonyl (C=O) groups excluding carboxylic acids is 1. The van der Waals surface area contributed by atoms with Gasteiger partial charge in [0.15, 0.2) is 0 Å². The summed E-state index contributed by atoms with van der Waals surface area (Å²) < 4.78 is 0. The van der Waals surface area contributed by atoms with Crippen LogP contribution >= 0.6 is 0 Å². The summed E-state index contributed by atoms with van der Waals surface area (Å²) in [4.78, 5) is 14.0. The van der Waals surface area contributed by atoms with Crippen LogP contribution in [0.15, 0.2) is 0 Å². The third kappa shape index (κ3) is 6.08. The van der Waals surface area contributed by atoms with E-state index in [4.69, 9.17) is 5.73 Å². The van der Waals surface area contributed by atoms with E-state index in [-0.39, 0.29) is 11.9 Å². The standard InChI is InChI=1S/C12H27N3O/c1-4-8-14-12(16)11(3)15(9-5-2)10-6-7-13/h11H,4-10,13H2,1-3H3,(H,14,16). The molecule has 0 fully saturated rings. The summed E-state index contributed by atoms with van der Waals surface area (Å²) in [6.45, 7) is 9.47. The molecule has 0 aromatic rings. The molecule has 0 aliphatic heterocycles. The Morgan fingerprint density at radius 3 is 2.50 bits per heavy atom. The van der Waals surface area contributed by atoms with E-state index in [0.717, 1.165) is 38.9 Å². The van der Waals surface area contributed by atoms with Crippen LogP contribution in [0.3, 0.4) is 0 Å². The Morgan fingerprint density at radius 1 is 1.31 bits per heavy atom. The molecule has 4 heteroatoms. The van der Waals surface area contributed by atoms with Gasteiger partial charge in [0, 0.05) is 13.1 Å². The molecular formula is C12H27N3O. The number of carbonyl (C=O) groups is 1. The molecule has 0 rings (SSSR count). The molecule has 1 unspecified atom stereocenters. The molecule has 0 aromatic heterocycles. The van der Waals surface area contributed by atoms with Crippen LogP contribution in [-0.2, 0) is 4.79 Å². The van der Waals surface area contributed by atoms with Crippen LogP contribution in [0.5, 0.6) is 0 Å². The highest BCUT2D eigenvalue weighted by molar-refractivity contribution is 5.81. The maximum Gasteiger partial charge on any atom is 0.237 e. The lowest BCUT2D eigenvalue weighted by Crippen LogP contribution is -2.46. The van der Waals surface area contributed by atoms with Crippen LogP contribution in [0.25, 0.3) is 0 Å². The number of amides is 1. The highest BCUT2D eigenvalue weighted by atomic mass is 16.2. The Balaban J connectivity index is 4.12. The Kier molecular flexibility index (Phi) is 9.24. The van der Waals surface area contributed by atoms with Crippen molar-refractivity contribution in [1.29, 1.82) is 0 Å². The molecule has 1 amide bonds. The van der Waals surface area contributed by atoms with E-state index >= 15 is 0 Å². The first kappa shape index (κ1) is 15.4.